The molecule has 1 aromatic carbocycles. The summed E-state index contributed by atoms with van der Waals surface area (Å²) in [7, 11) is -1.82. The van der Waals surface area contributed by atoms with Gasteiger partial charge in [0.15, 0.2) is 5.75 Å². The third kappa shape index (κ3) is 3.38. The molecule has 0 aliphatic carbocycles. The quantitative estimate of drug-likeness (QED) is 0.544. The van der Waals surface area contributed by atoms with E-state index in [0.29, 0.717) is 6.42 Å². The average molecular weight is 280 g/mol. The maximum Gasteiger partial charge on any atom is 0.245 e. The molecule has 0 saturated heterocycles. The van der Waals surface area contributed by atoms with E-state index >= 15 is 0 Å². The predicted octanol–water partition coefficient (Wildman–Crippen LogP) is 5.07. The molecule has 4 heteroatoms. The summed E-state index contributed by atoms with van der Waals surface area (Å²) in [6, 6.07) is 8.89. The second-order valence-corrected chi connectivity index (χ2v) is 9.71. The van der Waals surface area contributed by atoms with Crippen LogP contribution >= 0.6 is 0 Å². The van der Waals surface area contributed by atoms with E-state index in [-0.39, 0.29) is 6.67 Å². The number of alkyl halides is 1. The molecule has 19 heavy (non-hydrogen) atoms. The minimum absolute atomic E-state index is 0.238. The molecular formula is C15H21FO2Si. The molecule has 0 amide bonds. The number of hydrogen-bond donors (Lipinski definition) is 0. The van der Waals surface area contributed by atoms with E-state index in [1.54, 1.807) is 0 Å². The Kier molecular flexibility index (Phi) is 4.30. The van der Waals surface area contributed by atoms with Crippen LogP contribution in [-0.4, -0.2) is 15.0 Å². The van der Waals surface area contributed by atoms with Crippen LogP contribution in [0, 0.1) is 6.92 Å². The van der Waals surface area contributed by atoms with Crippen molar-refractivity contribution >= 4 is 19.3 Å². The van der Waals surface area contributed by atoms with Crippen LogP contribution < -0.4 is 4.43 Å². The van der Waals surface area contributed by atoms with Crippen molar-refractivity contribution in [3.05, 3.63) is 30.0 Å². The lowest BCUT2D eigenvalue weighted by Gasteiger charge is -2.23. The van der Waals surface area contributed by atoms with Gasteiger partial charge in [0.05, 0.1) is 12.1 Å². The molecular weight excluding hydrogens is 259 g/mol. The number of hydrogen-bond acceptors (Lipinski definition) is 2. The monoisotopic (exact) mass is 280 g/mol. The predicted molar refractivity (Wildman–Crippen MR) is 79.1 cm³/mol. The molecule has 2 rings (SSSR count). The Morgan fingerprint density at radius 3 is 2.68 bits per heavy atom. The van der Waals surface area contributed by atoms with Gasteiger partial charge in [0.2, 0.25) is 8.32 Å². The van der Waals surface area contributed by atoms with E-state index in [0.717, 1.165) is 34.9 Å². The molecule has 104 valence electrons. The summed E-state index contributed by atoms with van der Waals surface area (Å²) in [6.45, 7) is 6.04. The van der Waals surface area contributed by atoms with Crippen LogP contribution in [0.15, 0.2) is 28.7 Å². The van der Waals surface area contributed by atoms with Crippen molar-refractivity contribution in [1.82, 2.24) is 0 Å². The van der Waals surface area contributed by atoms with Gasteiger partial charge in [-0.3, -0.25) is 4.39 Å². The number of rotatable bonds is 6. The number of halogens is 1. The lowest BCUT2D eigenvalue weighted by molar-refractivity contribution is 0.460. The number of benzene rings is 1. The van der Waals surface area contributed by atoms with Crippen molar-refractivity contribution < 1.29 is 13.2 Å². The third-order valence-electron chi connectivity index (χ3n) is 3.26. The zero-order valence-corrected chi connectivity index (χ0v) is 12.8. The van der Waals surface area contributed by atoms with E-state index in [1.807, 2.05) is 31.2 Å². The zero-order valence-electron chi connectivity index (χ0n) is 11.8. The highest BCUT2D eigenvalue weighted by Crippen LogP contribution is 2.34. The van der Waals surface area contributed by atoms with Crippen LogP contribution in [0.2, 0.25) is 19.1 Å². The van der Waals surface area contributed by atoms with E-state index in [9.17, 15) is 4.39 Å². The molecule has 0 radical (unpaired) electrons. The summed E-state index contributed by atoms with van der Waals surface area (Å²) in [5.74, 6) is 1.69. The Balaban J connectivity index is 2.18. The second kappa shape index (κ2) is 5.78. The van der Waals surface area contributed by atoms with Crippen molar-refractivity contribution in [2.75, 3.05) is 6.67 Å². The van der Waals surface area contributed by atoms with Crippen molar-refractivity contribution in [1.29, 1.82) is 0 Å². The first-order valence-corrected chi connectivity index (χ1v) is 9.88. The molecule has 1 aromatic heterocycles. The Hall–Kier alpha value is -1.29. The molecule has 2 nitrogen and oxygen atoms in total. The fraction of sp³-hybridized carbons (Fsp3) is 0.467. The van der Waals surface area contributed by atoms with E-state index < -0.39 is 8.32 Å². The molecule has 0 fully saturated rings. The van der Waals surface area contributed by atoms with Crippen LogP contribution in [0.25, 0.3) is 11.0 Å². The summed E-state index contributed by atoms with van der Waals surface area (Å²) >= 11 is 0. The Bertz CT molecular complexity index is 548. The van der Waals surface area contributed by atoms with Gasteiger partial charge in [-0.05, 0) is 44.6 Å². The van der Waals surface area contributed by atoms with Crippen LogP contribution in [0.4, 0.5) is 4.39 Å². The Morgan fingerprint density at radius 1 is 1.21 bits per heavy atom. The van der Waals surface area contributed by atoms with Gasteiger partial charge in [0.1, 0.15) is 11.3 Å². The molecule has 0 aliphatic rings. The first kappa shape index (κ1) is 14.1. The third-order valence-corrected chi connectivity index (χ3v) is 5.57. The first-order chi connectivity index (χ1) is 9.03. The first-order valence-electron chi connectivity index (χ1n) is 6.76. The number of fused-ring (bicyclic) bond motifs is 1. The van der Waals surface area contributed by atoms with E-state index in [4.69, 9.17) is 8.84 Å². The molecule has 0 N–H and O–H groups in total. The highest BCUT2D eigenvalue weighted by molar-refractivity contribution is 6.71. The van der Waals surface area contributed by atoms with Crippen LogP contribution in [0.1, 0.15) is 18.6 Å². The van der Waals surface area contributed by atoms with E-state index in [2.05, 4.69) is 13.1 Å². The minimum atomic E-state index is -1.82. The summed E-state index contributed by atoms with van der Waals surface area (Å²) in [5, 5.41) is 1.03. The zero-order chi connectivity index (χ0) is 13.9. The van der Waals surface area contributed by atoms with Gasteiger partial charge < -0.3 is 8.84 Å². The fourth-order valence-corrected chi connectivity index (χ4v) is 4.25. The van der Waals surface area contributed by atoms with Crippen LogP contribution in [0.3, 0.4) is 0 Å². The largest absolute Gasteiger partial charge is 0.541 e. The number of unbranched alkanes of at least 4 members (excludes halogenated alkanes) is 1. The minimum Gasteiger partial charge on any atom is -0.541 e. The van der Waals surface area contributed by atoms with Gasteiger partial charge in [-0.1, -0.05) is 18.6 Å². The Labute approximate surface area is 114 Å². The summed E-state index contributed by atoms with van der Waals surface area (Å²) in [4.78, 5) is 0. The van der Waals surface area contributed by atoms with Crippen LogP contribution in [-0.2, 0) is 0 Å². The molecule has 0 atom stereocenters. The summed E-state index contributed by atoms with van der Waals surface area (Å²) in [6.07, 6.45) is 1.52. The lowest BCUT2D eigenvalue weighted by atomic mass is 10.2. The molecule has 1 heterocycles. The molecule has 0 aliphatic heterocycles. The highest BCUT2D eigenvalue weighted by atomic mass is 28.4. The normalized spacial score (nSPS) is 12.0. The smallest absolute Gasteiger partial charge is 0.245 e. The average Bonchev–Trinajstić information content (AvgIpc) is 2.66. The molecule has 0 unspecified atom stereocenters. The SMILES string of the molecule is Cc1oc2ccccc2c1O[Si](C)(C)CCCCF. The van der Waals surface area contributed by atoms with Gasteiger partial charge in [-0.25, -0.2) is 0 Å². The van der Waals surface area contributed by atoms with Gasteiger partial charge in [0.25, 0.3) is 0 Å². The topological polar surface area (TPSA) is 22.4 Å². The highest BCUT2D eigenvalue weighted by Gasteiger charge is 2.26. The molecule has 2 aromatic rings. The maximum atomic E-state index is 12.2. The van der Waals surface area contributed by atoms with Gasteiger partial charge in [-0.15, -0.1) is 0 Å². The Morgan fingerprint density at radius 2 is 1.95 bits per heavy atom. The van der Waals surface area contributed by atoms with Crippen molar-refractivity contribution in [2.45, 2.75) is 38.9 Å². The van der Waals surface area contributed by atoms with E-state index in [1.165, 1.54) is 0 Å². The van der Waals surface area contributed by atoms with Gasteiger partial charge in [-0.2, -0.15) is 0 Å². The van der Waals surface area contributed by atoms with Crippen molar-refractivity contribution in [2.24, 2.45) is 0 Å². The van der Waals surface area contributed by atoms with Crippen LogP contribution in [0.5, 0.6) is 5.75 Å². The van der Waals surface area contributed by atoms with Crippen molar-refractivity contribution in [3.8, 4) is 5.75 Å². The maximum absolute atomic E-state index is 12.2. The van der Waals surface area contributed by atoms with Gasteiger partial charge in [0, 0.05) is 0 Å². The summed E-state index contributed by atoms with van der Waals surface area (Å²) in [5.41, 5.74) is 0.864. The fourth-order valence-electron chi connectivity index (χ4n) is 2.24. The number of aryl methyl sites for hydroxylation is 1. The van der Waals surface area contributed by atoms with Crippen molar-refractivity contribution in [3.63, 3.8) is 0 Å². The molecule has 0 spiro atoms. The number of furan rings is 1. The van der Waals surface area contributed by atoms with Gasteiger partial charge >= 0.3 is 0 Å². The molecule has 0 saturated carbocycles. The summed E-state index contributed by atoms with van der Waals surface area (Å²) < 4.78 is 24.1. The molecule has 0 bridgehead atoms. The lowest BCUT2D eigenvalue weighted by Crippen LogP contribution is -2.34. The second-order valence-electron chi connectivity index (χ2n) is 5.49. The standard InChI is InChI=1S/C15H21FO2Si/c1-12-15(13-8-4-5-9-14(13)17-12)18-19(2,3)11-7-6-10-16/h4-5,8-9H,6-7,10-11H2,1-3H3. The number of para-hydroxylation sites is 1.